The van der Waals surface area contributed by atoms with E-state index >= 15 is 0 Å². The molecule has 0 saturated heterocycles. The molecule has 0 spiro atoms. The van der Waals surface area contributed by atoms with Crippen LogP contribution < -0.4 is 10.6 Å². The van der Waals surface area contributed by atoms with Crippen LogP contribution in [-0.2, 0) is 51.1 Å². The van der Waals surface area contributed by atoms with Crippen molar-refractivity contribution in [3.05, 3.63) is 71.8 Å². The third-order valence-corrected chi connectivity index (χ3v) is 6.03. The van der Waals surface area contributed by atoms with Crippen molar-refractivity contribution < 1.29 is 48.5 Å². The molecule has 2 aromatic carbocycles. The van der Waals surface area contributed by atoms with Gasteiger partial charge in [-0.2, -0.15) is 0 Å². The van der Waals surface area contributed by atoms with Gasteiger partial charge in [0.1, 0.15) is 12.1 Å². The van der Waals surface area contributed by atoms with Gasteiger partial charge in [0, 0.05) is 25.2 Å². The molecule has 12 heteroatoms. The second kappa shape index (κ2) is 18.6. The lowest BCUT2D eigenvalue weighted by Crippen LogP contribution is -2.45. The van der Waals surface area contributed by atoms with Crippen LogP contribution in [0.5, 0.6) is 0 Å². The van der Waals surface area contributed by atoms with Crippen LogP contribution in [0.2, 0.25) is 0 Å². The number of amides is 2. The van der Waals surface area contributed by atoms with Crippen molar-refractivity contribution in [3.63, 3.8) is 0 Å². The number of aliphatic carboxylic acids is 2. The third kappa shape index (κ3) is 13.6. The van der Waals surface area contributed by atoms with Crippen LogP contribution in [0, 0.1) is 11.8 Å². The molecule has 2 amide bonds. The number of carboxylic acids is 2. The van der Waals surface area contributed by atoms with E-state index in [0.29, 0.717) is 12.8 Å². The zero-order chi connectivity index (χ0) is 31.7. The van der Waals surface area contributed by atoms with Gasteiger partial charge in [0.25, 0.3) is 0 Å². The Kier molecular flexibility index (Phi) is 15.6. The molecule has 0 bridgehead atoms. The monoisotopic (exact) mass is 586 g/mol. The maximum atomic E-state index is 11.9. The molecule has 0 radical (unpaired) electrons. The molecule has 0 aliphatic carbocycles. The van der Waals surface area contributed by atoms with Gasteiger partial charge in [0.05, 0.1) is 26.6 Å². The van der Waals surface area contributed by atoms with E-state index in [0.717, 1.165) is 11.1 Å². The van der Waals surface area contributed by atoms with Crippen LogP contribution in [-0.4, -0.2) is 72.2 Å². The van der Waals surface area contributed by atoms with Crippen LogP contribution >= 0.6 is 0 Å². The topological polar surface area (TPSA) is 185 Å². The minimum Gasteiger partial charge on any atom is -0.481 e. The first-order valence-electron chi connectivity index (χ1n) is 13.2. The molecule has 228 valence electrons. The molecular formula is C30H38N2O10. The Bertz CT molecular complexity index is 1190. The van der Waals surface area contributed by atoms with E-state index in [-0.39, 0.29) is 12.8 Å². The van der Waals surface area contributed by atoms with Gasteiger partial charge >= 0.3 is 23.9 Å². The molecule has 0 aromatic heterocycles. The summed E-state index contributed by atoms with van der Waals surface area (Å²) in [6.45, 7) is 2.94. The summed E-state index contributed by atoms with van der Waals surface area (Å²) in [7, 11) is 2.49. The van der Waals surface area contributed by atoms with Crippen molar-refractivity contribution in [2.75, 3.05) is 14.2 Å². The fraction of sp³-hybridized carbons (Fsp3) is 0.400. The van der Waals surface area contributed by atoms with E-state index in [1.54, 1.807) is 0 Å². The van der Waals surface area contributed by atoms with Gasteiger partial charge in [-0.05, 0) is 11.1 Å². The second-order valence-corrected chi connectivity index (χ2v) is 9.55. The highest BCUT2D eigenvalue weighted by Gasteiger charge is 2.26. The molecule has 4 atom stereocenters. The number of ether oxygens (including phenoxy) is 2. The highest BCUT2D eigenvalue weighted by molar-refractivity contribution is 5.88. The van der Waals surface area contributed by atoms with Crippen LogP contribution in [0.15, 0.2) is 60.7 Å². The Balaban J connectivity index is 0.000000420. The van der Waals surface area contributed by atoms with Crippen LogP contribution in [0.1, 0.15) is 37.8 Å². The minimum absolute atomic E-state index is 0.183. The summed E-state index contributed by atoms with van der Waals surface area (Å²) in [6, 6.07) is 16.7. The number of rotatable bonds is 14. The molecule has 0 saturated carbocycles. The van der Waals surface area contributed by atoms with Gasteiger partial charge in [-0.15, -0.1) is 0 Å². The van der Waals surface area contributed by atoms with Crippen molar-refractivity contribution in [2.45, 2.75) is 51.6 Å². The molecule has 2 aromatic rings. The van der Waals surface area contributed by atoms with E-state index < -0.39 is 59.6 Å². The van der Waals surface area contributed by atoms with Crippen LogP contribution in [0.4, 0.5) is 0 Å². The number of hydrogen-bond donors (Lipinski definition) is 4. The molecule has 0 aliphatic rings. The van der Waals surface area contributed by atoms with Gasteiger partial charge < -0.3 is 30.3 Å². The summed E-state index contributed by atoms with van der Waals surface area (Å²) in [5.41, 5.74) is 1.75. The molecule has 0 unspecified atom stereocenters. The van der Waals surface area contributed by atoms with Crippen molar-refractivity contribution in [2.24, 2.45) is 11.8 Å². The van der Waals surface area contributed by atoms with Crippen LogP contribution in [0.25, 0.3) is 0 Å². The molecule has 4 N–H and O–H groups in total. The predicted octanol–water partition coefficient (Wildman–Crippen LogP) is 2.00. The Morgan fingerprint density at radius 1 is 0.667 bits per heavy atom. The SMILES string of the molecule is COC(=O)[C@H](Cc1ccccc1)NC(=O)C[C@H](C)C(=O)O.COC(=O)[C@H](Cc1ccccc1)NC(=O)[C@@H](C)CC(=O)O. The fourth-order valence-electron chi connectivity index (χ4n) is 3.66. The quantitative estimate of drug-likeness (QED) is 0.239. The molecule has 0 fully saturated rings. The molecule has 42 heavy (non-hydrogen) atoms. The summed E-state index contributed by atoms with van der Waals surface area (Å²) in [5.74, 6) is -5.73. The highest BCUT2D eigenvalue weighted by atomic mass is 16.5. The summed E-state index contributed by atoms with van der Waals surface area (Å²) in [4.78, 5) is 68.5. The standard InChI is InChI=1S/2C15H19NO5/c1-10(8-13(17)18)14(19)16-12(15(20)21-2)9-11-6-4-3-5-7-11;1-10(14(18)19)8-13(17)16-12(15(20)21-2)9-11-6-4-3-5-7-11/h3-7,10,12H,8-9H2,1-2H3,(H,16,19)(H,17,18);3-7,10,12H,8-9H2,1-2H3,(H,16,17)(H,18,19)/t2*10-,12-/m00/s1. The average molecular weight is 587 g/mol. The first kappa shape index (κ1) is 35.3. The number of nitrogens with one attached hydrogen (secondary N) is 2. The van der Waals surface area contributed by atoms with Crippen molar-refractivity contribution >= 4 is 35.7 Å². The van der Waals surface area contributed by atoms with Gasteiger partial charge in [0.2, 0.25) is 11.8 Å². The van der Waals surface area contributed by atoms with Crippen molar-refractivity contribution in [1.82, 2.24) is 10.6 Å². The largest absolute Gasteiger partial charge is 0.481 e. The lowest BCUT2D eigenvalue weighted by Gasteiger charge is -2.18. The Labute approximate surface area is 244 Å². The molecule has 0 heterocycles. The summed E-state index contributed by atoms with van der Waals surface area (Å²) >= 11 is 0. The van der Waals surface area contributed by atoms with E-state index in [2.05, 4.69) is 20.1 Å². The minimum atomic E-state index is -1.06. The summed E-state index contributed by atoms with van der Waals surface area (Å²) < 4.78 is 9.34. The molecular weight excluding hydrogens is 548 g/mol. The lowest BCUT2D eigenvalue weighted by molar-refractivity contribution is -0.146. The van der Waals surface area contributed by atoms with E-state index in [1.165, 1.54) is 28.1 Å². The predicted molar refractivity (Wildman–Crippen MR) is 151 cm³/mol. The van der Waals surface area contributed by atoms with Crippen molar-refractivity contribution in [3.8, 4) is 0 Å². The Morgan fingerprint density at radius 2 is 1.10 bits per heavy atom. The number of carbonyl (C=O) groups excluding carboxylic acids is 4. The van der Waals surface area contributed by atoms with Gasteiger partial charge in [-0.3, -0.25) is 19.2 Å². The number of carbonyl (C=O) groups is 6. The normalized spacial score (nSPS) is 13.0. The number of esters is 2. The maximum Gasteiger partial charge on any atom is 0.328 e. The summed E-state index contributed by atoms with van der Waals surface area (Å²) in [6.07, 6.45) is 0.114. The van der Waals surface area contributed by atoms with Gasteiger partial charge in [-0.25, -0.2) is 9.59 Å². The fourth-order valence-corrected chi connectivity index (χ4v) is 3.66. The van der Waals surface area contributed by atoms with E-state index in [1.807, 2.05) is 60.7 Å². The van der Waals surface area contributed by atoms with Crippen LogP contribution in [0.3, 0.4) is 0 Å². The lowest BCUT2D eigenvalue weighted by atomic mass is 10.0. The smallest absolute Gasteiger partial charge is 0.328 e. The van der Waals surface area contributed by atoms with Crippen molar-refractivity contribution in [1.29, 1.82) is 0 Å². The number of benzene rings is 2. The summed E-state index contributed by atoms with van der Waals surface area (Å²) in [5, 5.41) is 22.5. The number of methoxy groups -OCH3 is 2. The van der Waals surface area contributed by atoms with E-state index in [4.69, 9.17) is 10.2 Å². The zero-order valence-electron chi connectivity index (χ0n) is 24.1. The maximum absolute atomic E-state index is 11.9. The average Bonchev–Trinajstić information content (AvgIpc) is 2.96. The first-order valence-corrected chi connectivity index (χ1v) is 13.2. The third-order valence-electron chi connectivity index (χ3n) is 6.03. The molecule has 2 rings (SSSR count). The molecule has 0 aliphatic heterocycles. The first-order chi connectivity index (χ1) is 19.9. The zero-order valence-corrected chi connectivity index (χ0v) is 24.1. The van der Waals surface area contributed by atoms with Gasteiger partial charge in [-0.1, -0.05) is 74.5 Å². The number of carboxylic acid groups (broad SMARTS) is 2. The Hall–Kier alpha value is -4.74. The molecule has 12 nitrogen and oxygen atoms in total. The van der Waals surface area contributed by atoms with E-state index in [9.17, 15) is 28.8 Å². The second-order valence-electron chi connectivity index (χ2n) is 9.55. The highest BCUT2D eigenvalue weighted by Crippen LogP contribution is 2.09. The number of hydrogen-bond acceptors (Lipinski definition) is 8. The Morgan fingerprint density at radius 3 is 1.48 bits per heavy atom. The van der Waals surface area contributed by atoms with Gasteiger partial charge in [0.15, 0.2) is 0 Å².